The van der Waals surface area contributed by atoms with Gasteiger partial charge in [-0.3, -0.25) is 4.79 Å². The van der Waals surface area contributed by atoms with Crippen LogP contribution in [0.5, 0.6) is 5.75 Å². The van der Waals surface area contributed by atoms with Crippen LogP contribution in [0.2, 0.25) is 0 Å². The van der Waals surface area contributed by atoms with E-state index in [1.54, 1.807) is 13.2 Å². The summed E-state index contributed by atoms with van der Waals surface area (Å²) in [6, 6.07) is 3.63. The normalized spacial score (nSPS) is 9.75. The summed E-state index contributed by atoms with van der Waals surface area (Å²) in [7, 11) is 2.93. The smallest absolute Gasteiger partial charge is 0.325 e. The molecule has 0 atom stereocenters. The van der Waals surface area contributed by atoms with Gasteiger partial charge >= 0.3 is 5.97 Å². The Labute approximate surface area is 111 Å². The van der Waals surface area contributed by atoms with E-state index >= 15 is 0 Å². The van der Waals surface area contributed by atoms with E-state index in [4.69, 9.17) is 4.74 Å². The molecule has 0 bridgehead atoms. The summed E-state index contributed by atoms with van der Waals surface area (Å²) in [6.07, 6.45) is 0. The lowest BCUT2D eigenvalue weighted by Gasteiger charge is -2.10. The molecule has 1 aromatic carbocycles. The number of rotatable bonds is 4. The zero-order chi connectivity index (χ0) is 12.1. The highest BCUT2D eigenvalue weighted by Gasteiger charge is 2.08. The molecule has 16 heavy (non-hydrogen) atoms. The minimum Gasteiger partial charge on any atom is -0.495 e. The van der Waals surface area contributed by atoms with Gasteiger partial charge in [0.1, 0.15) is 12.3 Å². The SMILES string of the molecule is COC(=O)CNc1cc(OC)c(Br)cc1Br. The minimum atomic E-state index is -0.325. The molecule has 0 aliphatic carbocycles. The molecule has 1 rings (SSSR count). The number of hydrogen-bond acceptors (Lipinski definition) is 4. The second-order valence-corrected chi connectivity index (χ2v) is 4.60. The van der Waals surface area contributed by atoms with Crippen molar-refractivity contribution in [3.8, 4) is 5.75 Å². The molecule has 1 aromatic rings. The van der Waals surface area contributed by atoms with Crippen molar-refractivity contribution < 1.29 is 14.3 Å². The van der Waals surface area contributed by atoms with E-state index in [-0.39, 0.29) is 12.5 Å². The average molecular weight is 353 g/mol. The third-order valence-electron chi connectivity index (χ3n) is 1.89. The number of methoxy groups -OCH3 is 2. The van der Waals surface area contributed by atoms with E-state index in [0.717, 1.165) is 14.6 Å². The van der Waals surface area contributed by atoms with Gasteiger partial charge in [-0.2, -0.15) is 0 Å². The summed E-state index contributed by atoms with van der Waals surface area (Å²) < 4.78 is 11.4. The Balaban J connectivity index is 2.83. The Morgan fingerprint density at radius 1 is 1.31 bits per heavy atom. The number of carbonyl (C=O) groups is 1. The third kappa shape index (κ3) is 3.38. The van der Waals surface area contributed by atoms with Gasteiger partial charge in [-0.1, -0.05) is 0 Å². The fraction of sp³-hybridized carbons (Fsp3) is 0.300. The summed E-state index contributed by atoms with van der Waals surface area (Å²) in [5, 5.41) is 2.94. The third-order valence-corrected chi connectivity index (χ3v) is 3.17. The van der Waals surface area contributed by atoms with E-state index in [0.29, 0.717) is 5.75 Å². The van der Waals surface area contributed by atoms with Crippen LogP contribution < -0.4 is 10.1 Å². The quantitative estimate of drug-likeness (QED) is 0.846. The number of halogens is 2. The van der Waals surface area contributed by atoms with Crippen molar-refractivity contribution in [3.63, 3.8) is 0 Å². The minimum absolute atomic E-state index is 0.111. The lowest BCUT2D eigenvalue weighted by Crippen LogP contribution is -2.15. The van der Waals surface area contributed by atoms with Gasteiger partial charge in [0.2, 0.25) is 0 Å². The molecule has 0 spiro atoms. The van der Waals surface area contributed by atoms with Crippen molar-refractivity contribution in [1.82, 2.24) is 0 Å². The molecule has 88 valence electrons. The molecule has 0 aromatic heterocycles. The average Bonchev–Trinajstić information content (AvgIpc) is 2.27. The fourth-order valence-corrected chi connectivity index (χ4v) is 2.36. The highest BCUT2D eigenvalue weighted by atomic mass is 79.9. The second kappa shape index (κ2) is 6.10. The van der Waals surface area contributed by atoms with E-state index in [1.165, 1.54) is 7.11 Å². The maximum atomic E-state index is 11.0. The van der Waals surface area contributed by atoms with Crippen LogP contribution >= 0.6 is 31.9 Å². The van der Waals surface area contributed by atoms with E-state index in [1.807, 2.05) is 6.07 Å². The van der Waals surface area contributed by atoms with Gasteiger partial charge in [-0.25, -0.2) is 0 Å². The van der Waals surface area contributed by atoms with Gasteiger partial charge in [0.15, 0.2) is 0 Å². The predicted molar refractivity (Wildman–Crippen MR) is 68.9 cm³/mol. The van der Waals surface area contributed by atoms with Crippen molar-refractivity contribution >= 4 is 43.5 Å². The van der Waals surface area contributed by atoms with Gasteiger partial charge in [0.05, 0.1) is 24.4 Å². The van der Waals surface area contributed by atoms with E-state index in [2.05, 4.69) is 41.9 Å². The lowest BCUT2D eigenvalue weighted by atomic mass is 10.3. The summed E-state index contributed by atoms with van der Waals surface area (Å²) >= 11 is 6.74. The summed E-state index contributed by atoms with van der Waals surface area (Å²) in [5.74, 6) is 0.365. The Bertz CT molecular complexity index is 396. The van der Waals surface area contributed by atoms with Crippen molar-refractivity contribution in [2.24, 2.45) is 0 Å². The van der Waals surface area contributed by atoms with Crippen LogP contribution in [0.3, 0.4) is 0 Å². The van der Waals surface area contributed by atoms with Crippen LogP contribution in [0.4, 0.5) is 5.69 Å². The molecular weight excluding hydrogens is 342 g/mol. The molecule has 6 heteroatoms. The maximum Gasteiger partial charge on any atom is 0.325 e. The maximum absolute atomic E-state index is 11.0. The van der Waals surface area contributed by atoms with Crippen molar-refractivity contribution in [3.05, 3.63) is 21.1 Å². The first-order valence-electron chi connectivity index (χ1n) is 4.42. The second-order valence-electron chi connectivity index (χ2n) is 2.90. The molecule has 0 radical (unpaired) electrons. The Hall–Kier alpha value is -0.750. The Morgan fingerprint density at radius 3 is 2.56 bits per heavy atom. The molecule has 0 saturated carbocycles. The van der Waals surface area contributed by atoms with Crippen LogP contribution in [-0.4, -0.2) is 26.7 Å². The number of carbonyl (C=O) groups excluding carboxylic acids is 1. The van der Waals surface area contributed by atoms with Crippen LogP contribution in [0.1, 0.15) is 0 Å². The molecule has 0 amide bonds. The standard InChI is InChI=1S/C10H11Br2NO3/c1-15-9-4-8(6(11)3-7(9)12)13-5-10(14)16-2/h3-4,13H,5H2,1-2H3. The number of benzene rings is 1. The largest absolute Gasteiger partial charge is 0.495 e. The molecule has 0 saturated heterocycles. The number of esters is 1. The van der Waals surface area contributed by atoms with E-state index in [9.17, 15) is 4.79 Å². The number of ether oxygens (including phenoxy) is 2. The van der Waals surface area contributed by atoms with E-state index < -0.39 is 0 Å². The lowest BCUT2D eigenvalue weighted by molar-refractivity contribution is -0.138. The number of anilines is 1. The first-order valence-corrected chi connectivity index (χ1v) is 6.00. The fourth-order valence-electron chi connectivity index (χ4n) is 1.06. The first-order chi connectivity index (χ1) is 7.58. The molecular formula is C10H11Br2NO3. The van der Waals surface area contributed by atoms with Gasteiger partial charge in [0, 0.05) is 10.5 Å². The Morgan fingerprint density at radius 2 is 2.00 bits per heavy atom. The highest BCUT2D eigenvalue weighted by molar-refractivity contribution is 9.11. The molecule has 0 unspecified atom stereocenters. The zero-order valence-electron chi connectivity index (χ0n) is 8.84. The molecule has 1 N–H and O–H groups in total. The highest BCUT2D eigenvalue weighted by Crippen LogP contribution is 2.34. The molecule has 0 aliphatic heterocycles. The van der Waals surface area contributed by atoms with Gasteiger partial charge in [-0.05, 0) is 37.9 Å². The number of nitrogens with one attached hydrogen (secondary N) is 1. The van der Waals surface area contributed by atoms with Gasteiger partial charge in [-0.15, -0.1) is 0 Å². The van der Waals surface area contributed by atoms with Gasteiger partial charge in [0.25, 0.3) is 0 Å². The summed E-state index contributed by atoms with van der Waals surface area (Å²) in [6.45, 7) is 0.111. The summed E-state index contributed by atoms with van der Waals surface area (Å²) in [4.78, 5) is 11.0. The zero-order valence-corrected chi connectivity index (χ0v) is 12.0. The molecule has 0 aliphatic rings. The van der Waals surface area contributed by atoms with Crippen LogP contribution in [0, 0.1) is 0 Å². The van der Waals surface area contributed by atoms with Crippen molar-refractivity contribution in [2.45, 2.75) is 0 Å². The topological polar surface area (TPSA) is 47.6 Å². The van der Waals surface area contributed by atoms with Crippen LogP contribution in [0.15, 0.2) is 21.1 Å². The van der Waals surface area contributed by atoms with Crippen molar-refractivity contribution in [2.75, 3.05) is 26.1 Å². The predicted octanol–water partition coefficient (Wildman–Crippen LogP) is 2.81. The number of hydrogen-bond donors (Lipinski definition) is 1. The monoisotopic (exact) mass is 351 g/mol. The molecule has 0 fully saturated rings. The van der Waals surface area contributed by atoms with Crippen LogP contribution in [0.25, 0.3) is 0 Å². The Kier molecular flexibility index (Phi) is 5.08. The van der Waals surface area contributed by atoms with Crippen molar-refractivity contribution in [1.29, 1.82) is 0 Å². The molecule has 4 nitrogen and oxygen atoms in total. The molecule has 0 heterocycles. The first kappa shape index (κ1) is 13.3. The summed E-state index contributed by atoms with van der Waals surface area (Å²) in [5.41, 5.74) is 0.769. The van der Waals surface area contributed by atoms with Gasteiger partial charge < -0.3 is 14.8 Å². The van der Waals surface area contributed by atoms with Crippen LogP contribution in [-0.2, 0) is 9.53 Å².